The standard InChI is InChI=1S/C21H21FN4O/c1-2-3-13-23-21(27)16-5-4-6-18(14-16)24-20-12-11-19(25-26-20)15-7-9-17(22)10-8-15/h4-12,14H,2-3,13H2,1H3,(H,23,27)(H,24,26). The monoisotopic (exact) mass is 364 g/mol. The molecule has 0 fully saturated rings. The Morgan fingerprint density at radius 2 is 1.85 bits per heavy atom. The van der Waals surface area contributed by atoms with E-state index in [2.05, 4.69) is 27.8 Å². The van der Waals surface area contributed by atoms with Gasteiger partial charge in [-0.05, 0) is 61.0 Å². The largest absolute Gasteiger partial charge is 0.352 e. The lowest BCUT2D eigenvalue weighted by Crippen LogP contribution is -2.24. The molecule has 0 bridgehead atoms. The van der Waals surface area contributed by atoms with Gasteiger partial charge >= 0.3 is 0 Å². The number of hydrogen-bond donors (Lipinski definition) is 2. The van der Waals surface area contributed by atoms with Gasteiger partial charge in [0.25, 0.3) is 5.91 Å². The van der Waals surface area contributed by atoms with Crippen molar-refractivity contribution in [3.05, 3.63) is 72.0 Å². The number of anilines is 2. The number of hydrogen-bond acceptors (Lipinski definition) is 4. The van der Waals surface area contributed by atoms with Crippen LogP contribution < -0.4 is 10.6 Å². The molecule has 0 saturated carbocycles. The summed E-state index contributed by atoms with van der Waals surface area (Å²) in [5.41, 5.74) is 2.79. The average molecular weight is 364 g/mol. The molecule has 0 aliphatic rings. The second-order valence-corrected chi connectivity index (χ2v) is 6.13. The number of aromatic nitrogens is 2. The highest BCUT2D eigenvalue weighted by Crippen LogP contribution is 2.20. The van der Waals surface area contributed by atoms with E-state index in [0.717, 1.165) is 24.1 Å². The Morgan fingerprint density at radius 1 is 1.04 bits per heavy atom. The van der Waals surface area contributed by atoms with Crippen LogP contribution in [0.5, 0.6) is 0 Å². The smallest absolute Gasteiger partial charge is 0.251 e. The van der Waals surface area contributed by atoms with Gasteiger partial charge in [-0.25, -0.2) is 4.39 Å². The molecule has 0 aliphatic heterocycles. The van der Waals surface area contributed by atoms with Gasteiger partial charge in [0.05, 0.1) is 5.69 Å². The van der Waals surface area contributed by atoms with Crippen LogP contribution >= 0.6 is 0 Å². The Hall–Kier alpha value is -3.28. The summed E-state index contributed by atoms with van der Waals surface area (Å²) in [4.78, 5) is 12.2. The molecule has 1 aromatic heterocycles. The van der Waals surface area contributed by atoms with Crippen molar-refractivity contribution >= 4 is 17.4 Å². The topological polar surface area (TPSA) is 66.9 Å². The minimum atomic E-state index is -0.288. The Bertz CT molecular complexity index is 895. The molecule has 2 N–H and O–H groups in total. The van der Waals surface area contributed by atoms with Gasteiger partial charge in [-0.1, -0.05) is 19.4 Å². The van der Waals surface area contributed by atoms with Gasteiger partial charge in [-0.3, -0.25) is 4.79 Å². The van der Waals surface area contributed by atoms with Gasteiger partial charge in [0.1, 0.15) is 5.82 Å². The van der Waals surface area contributed by atoms with Crippen molar-refractivity contribution in [3.8, 4) is 11.3 Å². The molecule has 0 spiro atoms. The number of rotatable bonds is 7. The van der Waals surface area contributed by atoms with E-state index in [-0.39, 0.29) is 11.7 Å². The molecule has 0 unspecified atom stereocenters. The highest BCUT2D eigenvalue weighted by molar-refractivity contribution is 5.95. The van der Waals surface area contributed by atoms with Crippen LogP contribution in [0.2, 0.25) is 0 Å². The maximum absolute atomic E-state index is 13.0. The van der Waals surface area contributed by atoms with Crippen molar-refractivity contribution in [2.24, 2.45) is 0 Å². The molecule has 27 heavy (non-hydrogen) atoms. The van der Waals surface area contributed by atoms with Crippen LogP contribution in [-0.2, 0) is 0 Å². The zero-order valence-electron chi connectivity index (χ0n) is 15.1. The van der Waals surface area contributed by atoms with E-state index in [1.807, 2.05) is 18.2 Å². The van der Waals surface area contributed by atoms with Crippen molar-refractivity contribution in [2.75, 3.05) is 11.9 Å². The van der Waals surface area contributed by atoms with Gasteiger partial charge in [0.15, 0.2) is 5.82 Å². The third-order valence-corrected chi connectivity index (χ3v) is 4.02. The molecule has 1 heterocycles. The van der Waals surface area contributed by atoms with Crippen LogP contribution in [0.15, 0.2) is 60.7 Å². The van der Waals surface area contributed by atoms with Crippen LogP contribution in [0.3, 0.4) is 0 Å². The fraction of sp³-hybridized carbons (Fsp3) is 0.190. The van der Waals surface area contributed by atoms with E-state index in [9.17, 15) is 9.18 Å². The van der Waals surface area contributed by atoms with Crippen LogP contribution in [-0.4, -0.2) is 22.6 Å². The molecule has 0 aliphatic carbocycles. The summed E-state index contributed by atoms with van der Waals surface area (Å²) in [6, 6.07) is 16.9. The average Bonchev–Trinajstić information content (AvgIpc) is 2.70. The fourth-order valence-corrected chi connectivity index (χ4v) is 2.54. The van der Waals surface area contributed by atoms with Crippen molar-refractivity contribution < 1.29 is 9.18 Å². The third kappa shape index (κ3) is 5.10. The zero-order chi connectivity index (χ0) is 19.1. The number of halogens is 1. The fourth-order valence-electron chi connectivity index (χ4n) is 2.54. The summed E-state index contributed by atoms with van der Waals surface area (Å²) in [5, 5.41) is 14.4. The van der Waals surface area contributed by atoms with E-state index in [1.54, 1.807) is 30.3 Å². The Morgan fingerprint density at radius 3 is 2.56 bits per heavy atom. The van der Waals surface area contributed by atoms with E-state index in [0.29, 0.717) is 23.6 Å². The lowest BCUT2D eigenvalue weighted by molar-refractivity contribution is 0.0953. The first-order chi connectivity index (χ1) is 13.2. The number of nitrogens with one attached hydrogen (secondary N) is 2. The highest BCUT2D eigenvalue weighted by Gasteiger charge is 2.07. The van der Waals surface area contributed by atoms with E-state index >= 15 is 0 Å². The SMILES string of the molecule is CCCCNC(=O)c1cccc(Nc2ccc(-c3ccc(F)cc3)nn2)c1. The third-order valence-electron chi connectivity index (χ3n) is 4.02. The number of unbranched alkanes of at least 4 members (excludes halogenated alkanes) is 1. The summed E-state index contributed by atoms with van der Waals surface area (Å²) in [6.45, 7) is 2.75. The first-order valence-corrected chi connectivity index (χ1v) is 8.90. The Balaban J connectivity index is 1.67. The van der Waals surface area contributed by atoms with Crippen LogP contribution in [0.1, 0.15) is 30.1 Å². The molecule has 0 radical (unpaired) electrons. The molecule has 2 aromatic carbocycles. The van der Waals surface area contributed by atoms with Gasteiger partial charge in [-0.15, -0.1) is 10.2 Å². The van der Waals surface area contributed by atoms with E-state index in [4.69, 9.17) is 0 Å². The number of carbonyl (C=O) groups excluding carboxylic acids is 1. The van der Waals surface area contributed by atoms with Crippen molar-refractivity contribution in [1.29, 1.82) is 0 Å². The second kappa shape index (κ2) is 8.89. The number of amides is 1. The maximum atomic E-state index is 13.0. The lowest BCUT2D eigenvalue weighted by Gasteiger charge is -2.08. The minimum absolute atomic E-state index is 0.0927. The summed E-state index contributed by atoms with van der Waals surface area (Å²) >= 11 is 0. The van der Waals surface area contributed by atoms with Crippen LogP contribution in [0.25, 0.3) is 11.3 Å². The van der Waals surface area contributed by atoms with E-state index < -0.39 is 0 Å². The Labute approximate surface area is 157 Å². The first kappa shape index (κ1) is 18.5. The molecule has 0 atom stereocenters. The molecule has 1 amide bonds. The molecular weight excluding hydrogens is 343 g/mol. The molecule has 0 saturated heterocycles. The number of nitrogens with zero attached hydrogens (tertiary/aromatic N) is 2. The number of carbonyl (C=O) groups is 1. The molecule has 3 aromatic rings. The highest BCUT2D eigenvalue weighted by atomic mass is 19.1. The van der Waals surface area contributed by atoms with Crippen LogP contribution in [0, 0.1) is 5.82 Å². The first-order valence-electron chi connectivity index (χ1n) is 8.90. The van der Waals surface area contributed by atoms with E-state index in [1.165, 1.54) is 12.1 Å². The quantitative estimate of drug-likeness (QED) is 0.603. The summed E-state index contributed by atoms with van der Waals surface area (Å²) in [5.74, 6) is 0.179. The van der Waals surface area contributed by atoms with Crippen LogP contribution in [0.4, 0.5) is 15.9 Å². The second-order valence-electron chi connectivity index (χ2n) is 6.13. The molecule has 138 valence electrons. The van der Waals surface area contributed by atoms with Crippen molar-refractivity contribution in [3.63, 3.8) is 0 Å². The predicted octanol–water partition coefficient (Wildman–Crippen LogP) is 4.56. The summed E-state index contributed by atoms with van der Waals surface area (Å²) < 4.78 is 13.0. The summed E-state index contributed by atoms with van der Waals surface area (Å²) in [7, 11) is 0. The minimum Gasteiger partial charge on any atom is -0.352 e. The molecule has 5 nitrogen and oxygen atoms in total. The van der Waals surface area contributed by atoms with Crippen molar-refractivity contribution in [1.82, 2.24) is 15.5 Å². The Kier molecular flexibility index (Phi) is 6.10. The lowest BCUT2D eigenvalue weighted by atomic mass is 10.1. The molecule has 3 rings (SSSR count). The van der Waals surface area contributed by atoms with Crippen molar-refractivity contribution in [2.45, 2.75) is 19.8 Å². The summed E-state index contributed by atoms with van der Waals surface area (Å²) in [6.07, 6.45) is 1.99. The predicted molar refractivity (Wildman–Crippen MR) is 104 cm³/mol. The molecular formula is C21H21FN4O. The van der Waals surface area contributed by atoms with Gasteiger partial charge in [0.2, 0.25) is 0 Å². The molecule has 6 heteroatoms. The maximum Gasteiger partial charge on any atom is 0.251 e. The van der Waals surface area contributed by atoms with Gasteiger partial charge < -0.3 is 10.6 Å². The normalized spacial score (nSPS) is 10.4. The number of benzene rings is 2. The zero-order valence-corrected chi connectivity index (χ0v) is 15.1. The van der Waals surface area contributed by atoms with Gasteiger partial charge in [0, 0.05) is 23.4 Å². The van der Waals surface area contributed by atoms with Gasteiger partial charge in [-0.2, -0.15) is 0 Å².